The average molecular weight is 339 g/mol. The summed E-state index contributed by atoms with van der Waals surface area (Å²) in [5, 5.41) is 0. The molecule has 0 bridgehead atoms. The van der Waals surface area contributed by atoms with Gasteiger partial charge in [0.1, 0.15) is 0 Å². The zero-order valence-corrected chi connectivity index (χ0v) is 15.8. The van der Waals surface area contributed by atoms with E-state index in [0.29, 0.717) is 24.5 Å². The minimum atomic E-state index is 0.211. The Hall–Kier alpha value is -0.610. The summed E-state index contributed by atoms with van der Waals surface area (Å²) in [4.78, 5) is 15.2. The maximum absolute atomic E-state index is 13.0. The number of hydrogen-bond acceptors (Lipinski definition) is 3. The number of likely N-dealkylation sites (tertiary alicyclic amines) is 1. The molecule has 1 amide bonds. The van der Waals surface area contributed by atoms with Gasteiger partial charge in [0.05, 0.1) is 6.10 Å². The summed E-state index contributed by atoms with van der Waals surface area (Å²) in [7, 11) is 0. The maximum atomic E-state index is 13.0. The van der Waals surface area contributed by atoms with Gasteiger partial charge >= 0.3 is 0 Å². The quantitative estimate of drug-likeness (QED) is 0.688. The van der Waals surface area contributed by atoms with E-state index in [0.717, 1.165) is 51.3 Å². The van der Waals surface area contributed by atoms with Crippen LogP contribution >= 0.6 is 0 Å². The lowest BCUT2D eigenvalue weighted by Gasteiger charge is -2.36. The molecule has 1 unspecified atom stereocenters. The Morgan fingerprint density at radius 1 is 1.12 bits per heavy atom. The van der Waals surface area contributed by atoms with Crippen molar-refractivity contribution in [2.24, 2.45) is 23.5 Å². The Morgan fingerprint density at radius 2 is 1.79 bits per heavy atom. The van der Waals surface area contributed by atoms with Crippen LogP contribution in [0.2, 0.25) is 0 Å². The minimum Gasteiger partial charge on any atom is -0.378 e. The molecule has 0 aromatic heterocycles. The van der Waals surface area contributed by atoms with Gasteiger partial charge in [-0.3, -0.25) is 4.79 Å². The third-order valence-corrected chi connectivity index (χ3v) is 5.89. The molecular weight excluding hydrogens is 300 g/mol. The van der Waals surface area contributed by atoms with Crippen molar-refractivity contribution in [2.75, 3.05) is 26.2 Å². The molecule has 0 radical (unpaired) electrons. The lowest BCUT2D eigenvalue weighted by atomic mass is 9.78. The second kappa shape index (κ2) is 10.4. The highest BCUT2D eigenvalue weighted by atomic mass is 16.5. The van der Waals surface area contributed by atoms with E-state index >= 15 is 0 Å². The van der Waals surface area contributed by atoms with Gasteiger partial charge in [-0.05, 0) is 44.1 Å². The number of carbonyl (C=O) groups is 1. The van der Waals surface area contributed by atoms with Crippen LogP contribution < -0.4 is 5.73 Å². The smallest absolute Gasteiger partial charge is 0.225 e. The summed E-state index contributed by atoms with van der Waals surface area (Å²) >= 11 is 0. The number of nitrogens with zero attached hydrogens (tertiary/aromatic N) is 1. The first-order chi connectivity index (χ1) is 11.6. The highest BCUT2D eigenvalue weighted by molar-refractivity contribution is 5.79. The first-order valence-corrected chi connectivity index (χ1v) is 10.2. The van der Waals surface area contributed by atoms with Crippen LogP contribution in [0.25, 0.3) is 0 Å². The molecule has 1 saturated heterocycles. The molecule has 2 aliphatic rings. The molecule has 4 nitrogen and oxygen atoms in total. The molecule has 1 atom stereocenters. The van der Waals surface area contributed by atoms with Crippen LogP contribution in [0.3, 0.4) is 0 Å². The lowest BCUT2D eigenvalue weighted by Crippen LogP contribution is -2.45. The van der Waals surface area contributed by atoms with E-state index in [-0.39, 0.29) is 5.92 Å². The Balaban J connectivity index is 1.79. The predicted molar refractivity (Wildman–Crippen MR) is 98.7 cm³/mol. The molecule has 0 aromatic carbocycles. The molecule has 1 saturated carbocycles. The van der Waals surface area contributed by atoms with Gasteiger partial charge in [0.15, 0.2) is 0 Å². The van der Waals surface area contributed by atoms with Gasteiger partial charge in [-0.25, -0.2) is 0 Å². The molecule has 1 aliphatic carbocycles. The van der Waals surface area contributed by atoms with Crippen molar-refractivity contribution in [3.63, 3.8) is 0 Å². The van der Waals surface area contributed by atoms with Gasteiger partial charge in [0, 0.05) is 25.6 Å². The Labute approximate surface area is 148 Å². The number of piperidine rings is 1. The minimum absolute atomic E-state index is 0.211. The van der Waals surface area contributed by atoms with Crippen molar-refractivity contribution >= 4 is 5.91 Å². The van der Waals surface area contributed by atoms with Crippen LogP contribution in [0.5, 0.6) is 0 Å². The Kier molecular flexibility index (Phi) is 8.54. The molecule has 0 spiro atoms. The summed E-state index contributed by atoms with van der Waals surface area (Å²) < 4.78 is 5.86. The number of hydrogen-bond donors (Lipinski definition) is 1. The molecule has 1 heterocycles. The van der Waals surface area contributed by atoms with Crippen molar-refractivity contribution in [2.45, 2.75) is 77.7 Å². The number of ether oxygens (including phenoxy) is 1. The summed E-state index contributed by atoms with van der Waals surface area (Å²) in [5.41, 5.74) is 5.51. The van der Waals surface area contributed by atoms with Gasteiger partial charge in [-0.15, -0.1) is 0 Å². The van der Waals surface area contributed by atoms with Crippen LogP contribution in [0, 0.1) is 17.8 Å². The van der Waals surface area contributed by atoms with Gasteiger partial charge in [0.2, 0.25) is 5.91 Å². The number of carbonyl (C=O) groups excluding carboxylic acids is 1. The molecule has 24 heavy (non-hydrogen) atoms. The number of rotatable bonds is 8. The maximum Gasteiger partial charge on any atom is 0.225 e. The summed E-state index contributed by atoms with van der Waals surface area (Å²) in [5.74, 6) is 1.82. The van der Waals surface area contributed by atoms with Crippen molar-refractivity contribution < 1.29 is 9.53 Å². The fourth-order valence-corrected chi connectivity index (χ4v) is 4.25. The molecule has 2 N–H and O–H groups in total. The summed E-state index contributed by atoms with van der Waals surface area (Å²) in [6.07, 6.45) is 11.0. The Morgan fingerprint density at radius 3 is 2.38 bits per heavy atom. The number of nitrogens with two attached hydrogens (primary N) is 1. The van der Waals surface area contributed by atoms with Gasteiger partial charge in [0.25, 0.3) is 0 Å². The highest BCUT2D eigenvalue weighted by Crippen LogP contribution is 2.33. The largest absolute Gasteiger partial charge is 0.378 e. The monoisotopic (exact) mass is 338 g/mol. The second-order valence-electron chi connectivity index (χ2n) is 8.13. The fraction of sp³-hybridized carbons (Fsp3) is 0.950. The van der Waals surface area contributed by atoms with Gasteiger partial charge in [-0.1, -0.05) is 46.0 Å². The van der Waals surface area contributed by atoms with E-state index in [1.165, 1.54) is 32.1 Å². The zero-order chi connectivity index (χ0) is 17.4. The van der Waals surface area contributed by atoms with E-state index in [9.17, 15) is 4.79 Å². The average Bonchev–Trinajstić information content (AvgIpc) is 2.60. The van der Waals surface area contributed by atoms with Crippen LogP contribution in [-0.4, -0.2) is 43.2 Å². The van der Waals surface area contributed by atoms with Gasteiger partial charge in [-0.2, -0.15) is 0 Å². The molecule has 2 rings (SSSR count). The van der Waals surface area contributed by atoms with Crippen molar-refractivity contribution in [1.82, 2.24) is 4.90 Å². The van der Waals surface area contributed by atoms with E-state index in [4.69, 9.17) is 10.5 Å². The normalized spacial score (nSPS) is 22.1. The van der Waals surface area contributed by atoms with Crippen LogP contribution in [-0.2, 0) is 9.53 Å². The van der Waals surface area contributed by atoms with Crippen LogP contribution in [0.15, 0.2) is 0 Å². The van der Waals surface area contributed by atoms with Crippen molar-refractivity contribution in [1.29, 1.82) is 0 Å². The second-order valence-corrected chi connectivity index (χ2v) is 8.13. The molecule has 4 heteroatoms. The fourth-order valence-electron chi connectivity index (χ4n) is 4.25. The molecular formula is C20H38N2O2. The van der Waals surface area contributed by atoms with E-state index in [2.05, 4.69) is 18.7 Å². The standard InChI is InChI=1S/C20H38N2O2/c1-16(2)19(15-17-7-4-3-5-8-17)20(23)22-12-9-18(10-13-22)24-14-6-11-21/h16-19H,3-15,21H2,1-2H3. The van der Waals surface area contributed by atoms with Gasteiger partial charge < -0.3 is 15.4 Å². The third-order valence-electron chi connectivity index (χ3n) is 5.89. The summed E-state index contributed by atoms with van der Waals surface area (Å²) in [6, 6.07) is 0. The SMILES string of the molecule is CC(C)C(CC1CCCCC1)C(=O)N1CCC(OCCCN)CC1. The Bertz CT molecular complexity index is 359. The van der Waals surface area contributed by atoms with E-state index in [1.807, 2.05) is 0 Å². The molecule has 2 fully saturated rings. The molecule has 0 aromatic rings. The third kappa shape index (κ3) is 6.03. The van der Waals surface area contributed by atoms with Crippen molar-refractivity contribution in [3.8, 4) is 0 Å². The number of amides is 1. The first kappa shape index (κ1) is 19.7. The first-order valence-electron chi connectivity index (χ1n) is 10.2. The lowest BCUT2D eigenvalue weighted by molar-refractivity contribution is -0.140. The summed E-state index contributed by atoms with van der Waals surface area (Å²) in [6.45, 7) is 7.60. The van der Waals surface area contributed by atoms with E-state index < -0.39 is 0 Å². The predicted octanol–water partition coefficient (Wildman–Crippen LogP) is 3.59. The highest BCUT2D eigenvalue weighted by Gasteiger charge is 2.32. The van der Waals surface area contributed by atoms with Crippen molar-refractivity contribution in [3.05, 3.63) is 0 Å². The van der Waals surface area contributed by atoms with E-state index in [1.54, 1.807) is 0 Å². The zero-order valence-electron chi connectivity index (χ0n) is 15.8. The molecule has 140 valence electrons. The topological polar surface area (TPSA) is 55.6 Å². The van der Waals surface area contributed by atoms with Crippen LogP contribution in [0.4, 0.5) is 0 Å². The molecule has 1 aliphatic heterocycles. The van der Waals surface area contributed by atoms with Crippen LogP contribution in [0.1, 0.15) is 71.6 Å².